The van der Waals surface area contributed by atoms with Gasteiger partial charge in [0.2, 0.25) is 11.8 Å². The molecule has 1 aliphatic rings. The summed E-state index contributed by atoms with van der Waals surface area (Å²) in [6.45, 7) is 2.66. The van der Waals surface area contributed by atoms with Gasteiger partial charge in [-0.1, -0.05) is 17.7 Å². The van der Waals surface area contributed by atoms with Crippen molar-refractivity contribution in [2.24, 2.45) is 7.05 Å². The Bertz CT molecular complexity index is 1050. The summed E-state index contributed by atoms with van der Waals surface area (Å²) in [7, 11) is 3.46. The second kappa shape index (κ2) is 6.53. The molecule has 1 aliphatic heterocycles. The molecular weight excluding hydrogens is 364 g/mol. The van der Waals surface area contributed by atoms with E-state index in [1.807, 2.05) is 38.2 Å². The van der Waals surface area contributed by atoms with Crippen LogP contribution in [0.3, 0.4) is 0 Å². The molecule has 7 heteroatoms. The largest absolute Gasteiger partial charge is 0.481 e. The molecule has 0 aliphatic carbocycles. The number of ether oxygens (including phenoxy) is 1. The lowest BCUT2D eigenvalue weighted by Gasteiger charge is -2.33. The maximum Gasteiger partial charge on any atom is 0.230 e. The van der Waals surface area contributed by atoms with Crippen molar-refractivity contribution in [3.8, 4) is 17.1 Å². The first kappa shape index (κ1) is 17.8. The van der Waals surface area contributed by atoms with Crippen LogP contribution >= 0.6 is 11.6 Å². The topological polar surface area (TPSA) is 69.0 Å². The Morgan fingerprint density at radius 2 is 2.15 bits per heavy atom. The number of nitrogens with one attached hydrogen (secondary N) is 1. The summed E-state index contributed by atoms with van der Waals surface area (Å²) in [5.41, 5.74) is 2.71. The zero-order valence-electron chi connectivity index (χ0n) is 15.5. The van der Waals surface area contributed by atoms with Crippen LogP contribution in [-0.2, 0) is 17.3 Å². The number of hydrogen-bond acceptors (Lipinski definition) is 4. The van der Waals surface area contributed by atoms with Crippen LogP contribution in [0.25, 0.3) is 22.2 Å². The molecule has 0 saturated carbocycles. The fourth-order valence-corrected chi connectivity index (χ4v) is 4.00. The lowest BCUT2D eigenvalue weighted by molar-refractivity contribution is -0.128. The number of fused-ring (bicyclic) bond motifs is 1. The average molecular weight is 385 g/mol. The molecule has 1 N–H and O–H groups in total. The Balaban J connectivity index is 1.82. The Hall–Kier alpha value is -2.60. The third-order valence-electron chi connectivity index (χ3n) is 5.40. The molecule has 1 fully saturated rings. The van der Waals surface area contributed by atoms with E-state index in [-0.39, 0.29) is 5.91 Å². The summed E-state index contributed by atoms with van der Waals surface area (Å²) in [4.78, 5) is 17.2. The van der Waals surface area contributed by atoms with E-state index in [0.717, 1.165) is 40.6 Å². The number of halogens is 1. The van der Waals surface area contributed by atoms with Gasteiger partial charge in [0, 0.05) is 30.1 Å². The highest BCUT2D eigenvalue weighted by Crippen LogP contribution is 2.38. The molecule has 3 aromatic rings. The van der Waals surface area contributed by atoms with Crippen LogP contribution in [0.1, 0.15) is 25.3 Å². The average Bonchev–Trinajstić information content (AvgIpc) is 3.05. The molecule has 4 rings (SSSR count). The summed E-state index contributed by atoms with van der Waals surface area (Å²) in [6.07, 6.45) is 3.45. The maximum atomic E-state index is 12.5. The molecule has 0 spiro atoms. The van der Waals surface area contributed by atoms with Crippen LogP contribution in [0, 0.1) is 0 Å². The number of rotatable bonds is 3. The van der Waals surface area contributed by atoms with E-state index in [2.05, 4.69) is 15.4 Å². The van der Waals surface area contributed by atoms with Gasteiger partial charge in [0.25, 0.3) is 0 Å². The SMILES string of the molecule is COc1nc(-c2cc(Cl)c3cnn(C)c3c2)ccc1C1(C)CCCNC1=O. The molecule has 3 heterocycles. The monoisotopic (exact) mass is 384 g/mol. The van der Waals surface area contributed by atoms with Crippen molar-refractivity contribution in [3.05, 3.63) is 41.0 Å². The Morgan fingerprint density at radius 1 is 1.33 bits per heavy atom. The highest BCUT2D eigenvalue weighted by Gasteiger charge is 2.40. The normalized spacial score (nSPS) is 19.9. The van der Waals surface area contributed by atoms with E-state index in [9.17, 15) is 4.79 Å². The zero-order chi connectivity index (χ0) is 19.2. The molecule has 0 radical (unpaired) electrons. The lowest BCUT2D eigenvalue weighted by Crippen LogP contribution is -2.47. The maximum absolute atomic E-state index is 12.5. The van der Waals surface area contributed by atoms with Crippen LogP contribution in [-0.4, -0.2) is 34.3 Å². The summed E-state index contributed by atoms with van der Waals surface area (Å²) < 4.78 is 7.34. The molecule has 6 nitrogen and oxygen atoms in total. The van der Waals surface area contributed by atoms with Gasteiger partial charge in [0.1, 0.15) is 0 Å². The van der Waals surface area contributed by atoms with Crippen molar-refractivity contribution < 1.29 is 9.53 Å². The van der Waals surface area contributed by atoms with Crippen molar-refractivity contribution in [3.63, 3.8) is 0 Å². The molecule has 1 saturated heterocycles. The number of amides is 1. The first-order valence-electron chi connectivity index (χ1n) is 8.89. The van der Waals surface area contributed by atoms with Gasteiger partial charge in [0.15, 0.2) is 0 Å². The standard InChI is InChI=1S/C20H21ClN4O2/c1-20(7-4-8-22-19(20)26)14-5-6-16(24-18(14)27-3)12-9-15(21)13-11-23-25(2)17(13)10-12/h5-6,9-11H,4,7-8H2,1-3H3,(H,22,26). The quantitative estimate of drug-likeness (QED) is 0.750. The molecule has 1 unspecified atom stereocenters. The number of benzene rings is 1. The number of carbonyl (C=O) groups excluding carboxylic acids is 1. The third kappa shape index (κ3) is 2.84. The van der Waals surface area contributed by atoms with Crippen LogP contribution < -0.4 is 10.1 Å². The van der Waals surface area contributed by atoms with Crippen LogP contribution in [0.2, 0.25) is 5.02 Å². The van der Waals surface area contributed by atoms with Gasteiger partial charge in [-0.2, -0.15) is 5.10 Å². The molecular formula is C20H21ClN4O2. The van der Waals surface area contributed by atoms with Crippen molar-refractivity contribution >= 4 is 28.4 Å². The van der Waals surface area contributed by atoms with Crippen molar-refractivity contribution in [1.82, 2.24) is 20.1 Å². The second-order valence-electron chi connectivity index (χ2n) is 7.10. The van der Waals surface area contributed by atoms with Crippen molar-refractivity contribution in [2.45, 2.75) is 25.2 Å². The minimum Gasteiger partial charge on any atom is -0.481 e. The molecule has 27 heavy (non-hydrogen) atoms. The number of pyridine rings is 1. The number of piperidine rings is 1. The number of nitrogens with zero attached hydrogens (tertiary/aromatic N) is 3. The lowest BCUT2D eigenvalue weighted by atomic mass is 9.76. The Kier molecular flexibility index (Phi) is 4.30. The molecule has 1 aromatic carbocycles. The minimum atomic E-state index is -0.640. The molecule has 1 amide bonds. The molecule has 2 aromatic heterocycles. The summed E-state index contributed by atoms with van der Waals surface area (Å²) in [6, 6.07) is 7.74. The number of aryl methyl sites for hydroxylation is 1. The summed E-state index contributed by atoms with van der Waals surface area (Å²) >= 11 is 6.43. The van der Waals surface area contributed by atoms with Crippen LogP contribution in [0.15, 0.2) is 30.5 Å². The van der Waals surface area contributed by atoms with Gasteiger partial charge in [-0.15, -0.1) is 0 Å². The van der Waals surface area contributed by atoms with E-state index in [1.165, 1.54) is 0 Å². The minimum absolute atomic E-state index is 0.0148. The second-order valence-corrected chi connectivity index (χ2v) is 7.51. The van der Waals surface area contributed by atoms with Gasteiger partial charge >= 0.3 is 0 Å². The number of carbonyl (C=O) groups is 1. The third-order valence-corrected chi connectivity index (χ3v) is 5.71. The number of methoxy groups -OCH3 is 1. The van der Waals surface area contributed by atoms with E-state index in [4.69, 9.17) is 16.3 Å². The first-order valence-corrected chi connectivity index (χ1v) is 9.27. The number of hydrogen-bond donors (Lipinski definition) is 1. The highest BCUT2D eigenvalue weighted by molar-refractivity contribution is 6.35. The van der Waals surface area contributed by atoms with Gasteiger partial charge in [-0.05, 0) is 38.0 Å². The highest BCUT2D eigenvalue weighted by atomic mass is 35.5. The van der Waals surface area contributed by atoms with Gasteiger partial charge in [-0.3, -0.25) is 9.48 Å². The van der Waals surface area contributed by atoms with Gasteiger partial charge in [-0.25, -0.2) is 4.98 Å². The molecule has 1 atom stereocenters. The van der Waals surface area contributed by atoms with E-state index < -0.39 is 5.41 Å². The fourth-order valence-electron chi connectivity index (χ4n) is 3.74. The van der Waals surface area contributed by atoms with E-state index in [1.54, 1.807) is 18.0 Å². The van der Waals surface area contributed by atoms with E-state index in [0.29, 0.717) is 17.4 Å². The first-order chi connectivity index (χ1) is 12.9. The van der Waals surface area contributed by atoms with E-state index >= 15 is 0 Å². The zero-order valence-corrected chi connectivity index (χ0v) is 16.3. The Labute approximate surface area is 162 Å². The predicted molar refractivity (Wildman–Crippen MR) is 105 cm³/mol. The summed E-state index contributed by atoms with van der Waals surface area (Å²) in [5.74, 6) is 0.481. The number of aromatic nitrogens is 3. The fraction of sp³-hybridized carbons (Fsp3) is 0.350. The van der Waals surface area contributed by atoms with Crippen LogP contribution in [0.5, 0.6) is 5.88 Å². The smallest absolute Gasteiger partial charge is 0.230 e. The predicted octanol–water partition coefficient (Wildman–Crippen LogP) is 3.47. The van der Waals surface area contributed by atoms with Crippen LogP contribution in [0.4, 0.5) is 0 Å². The van der Waals surface area contributed by atoms with Crippen molar-refractivity contribution in [1.29, 1.82) is 0 Å². The van der Waals surface area contributed by atoms with Gasteiger partial charge in [0.05, 0.1) is 35.0 Å². The molecule has 140 valence electrons. The van der Waals surface area contributed by atoms with Crippen molar-refractivity contribution in [2.75, 3.05) is 13.7 Å². The summed E-state index contributed by atoms with van der Waals surface area (Å²) in [5, 5.41) is 8.74. The Morgan fingerprint density at radius 3 is 2.89 bits per heavy atom. The molecule has 0 bridgehead atoms. The van der Waals surface area contributed by atoms with Gasteiger partial charge < -0.3 is 10.1 Å².